The fourth-order valence-corrected chi connectivity index (χ4v) is 2.81. The zero-order valence-corrected chi connectivity index (χ0v) is 16.5. The lowest BCUT2D eigenvalue weighted by Gasteiger charge is -2.12. The Hall–Kier alpha value is -4.22. The number of imidazole rings is 1. The van der Waals surface area contributed by atoms with Gasteiger partial charge < -0.3 is 15.2 Å². The fraction of sp³-hybridized carbons (Fsp3) is 0.150. The van der Waals surface area contributed by atoms with E-state index < -0.39 is 29.5 Å². The number of nitrogens with one attached hydrogen (secondary N) is 2. The van der Waals surface area contributed by atoms with Crippen LogP contribution in [0.2, 0.25) is 0 Å². The lowest BCUT2D eigenvalue weighted by Crippen LogP contribution is -2.33. The summed E-state index contributed by atoms with van der Waals surface area (Å²) in [5, 5.41) is 15.8. The zero-order chi connectivity index (χ0) is 23.5. The van der Waals surface area contributed by atoms with Gasteiger partial charge in [-0.3, -0.25) is 19.7 Å². The third-order valence-corrected chi connectivity index (χ3v) is 4.41. The van der Waals surface area contributed by atoms with Gasteiger partial charge >= 0.3 is 6.18 Å². The predicted molar refractivity (Wildman–Crippen MR) is 108 cm³/mol. The molecule has 1 heterocycles. The molecule has 0 aliphatic heterocycles. The van der Waals surface area contributed by atoms with Crippen molar-refractivity contribution in [2.45, 2.75) is 13.1 Å². The Morgan fingerprint density at radius 2 is 1.81 bits per heavy atom. The summed E-state index contributed by atoms with van der Waals surface area (Å²) in [4.78, 5) is 39.3. The monoisotopic (exact) mass is 447 g/mol. The Balaban J connectivity index is 1.83. The second-order valence-corrected chi connectivity index (χ2v) is 6.71. The Kier molecular flexibility index (Phi) is 6.23. The van der Waals surface area contributed by atoms with Crippen LogP contribution in [0.4, 0.5) is 24.5 Å². The molecule has 166 valence electrons. The quantitative estimate of drug-likeness (QED) is 0.442. The minimum absolute atomic E-state index is 0.0214. The van der Waals surface area contributed by atoms with E-state index in [0.29, 0.717) is 5.56 Å². The van der Waals surface area contributed by atoms with Crippen LogP contribution in [0.25, 0.3) is 5.69 Å². The first kappa shape index (κ1) is 22.5. The molecule has 0 aliphatic carbocycles. The van der Waals surface area contributed by atoms with Crippen LogP contribution in [-0.2, 0) is 0 Å². The molecule has 3 aromatic rings. The molecular weight excluding hydrogens is 431 g/mol. The molecule has 1 aromatic heterocycles. The molecule has 0 aliphatic rings. The molecule has 0 unspecified atom stereocenters. The summed E-state index contributed by atoms with van der Waals surface area (Å²) in [5.74, 6) is -1.65. The highest BCUT2D eigenvalue weighted by molar-refractivity contribution is 6.06. The van der Waals surface area contributed by atoms with Gasteiger partial charge in [-0.05, 0) is 36.8 Å². The zero-order valence-electron chi connectivity index (χ0n) is 16.5. The molecular formula is C20H16F3N5O4. The largest absolute Gasteiger partial charge is 0.405 e. The number of hydrogen-bond acceptors (Lipinski definition) is 5. The number of hydrogen-bond donors (Lipinski definition) is 2. The number of nitrogens with zero attached hydrogens (tertiary/aromatic N) is 3. The summed E-state index contributed by atoms with van der Waals surface area (Å²) < 4.78 is 38.4. The van der Waals surface area contributed by atoms with Gasteiger partial charge in [-0.25, -0.2) is 4.98 Å². The van der Waals surface area contributed by atoms with E-state index >= 15 is 0 Å². The molecule has 3 rings (SSSR count). The number of amides is 2. The van der Waals surface area contributed by atoms with Gasteiger partial charge in [0.2, 0.25) is 0 Å². The molecule has 0 atom stereocenters. The van der Waals surface area contributed by atoms with E-state index in [1.807, 2.05) is 0 Å². The number of halogens is 3. The topological polar surface area (TPSA) is 119 Å². The van der Waals surface area contributed by atoms with Crippen molar-refractivity contribution in [2.24, 2.45) is 0 Å². The SMILES string of the molecule is Cc1ccc(C(=O)NCC(F)(F)F)cc1NC(=O)c1ccc(-n2ccnc2)c([N+](=O)[O-])c1. The normalized spacial score (nSPS) is 11.1. The average Bonchev–Trinajstić information content (AvgIpc) is 3.27. The number of nitro benzene ring substituents is 1. The van der Waals surface area contributed by atoms with Crippen LogP contribution in [0.1, 0.15) is 26.3 Å². The van der Waals surface area contributed by atoms with E-state index in [9.17, 15) is 32.9 Å². The maximum atomic E-state index is 12.7. The van der Waals surface area contributed by atoms with Crippen LogP contribution < -0.4 is 10.6 Å². The molecule has 2 aromatic carbocycles. The first-order valence-electron chi connectivity index (χ1n) is 9.09. The smallest absolute Gasteiger partial charge is 0.343 e. The standard InChI is InChI=1S/C20H16F3N5O4/c1-12-2-3-13(18(29)25-10-20(21,22)23)8-15(12)26-19(30)14-4-5-16(17(9-14)28(31)32)27-7-6-24-11-27/h2-9,11H,10H2,1H3,(H,25,29)(H,26,30). The lowest BCUT2D eigenvalue weighted by atomic mass is 10.1. The molecule has 32 heavy (non-hydrogen) atoms. The fourth-order valence-electron chi connectivity index (χ4n) is 2.81. The number of nitro groups is 1. The van der Waals surface area contributed by atoms with E-state index in [-0.39, 0.29) is 28.2 Å². The van der Waals surface area contributed by atoms with Gasteiger partial charge in [0.25, 0.3) is 17.5 Å². The number of benzene rings is 2. The van der Waals surface area contributed by atoms with Crippen molar-refractivity contribution in [3.05, 3.63) is 81.9 Å². The number of aryl methyl sites for hydroxylation is 1. The molecule has 0 saturated heterocycles. The Morgan fingerprint density at radius 3 is 2.44 bits per heavy atom. The molecule has 0 saturated carbocycles. The maximum absolute atomic E-state index is 12.7. The minimum atomic E-state index is -4.56. The van der Waals surface area contributed by atoms with E-state index in [4.69, 9.17) is 0 Å². The average molecular weight is 447 g/mol. The molecule has 0 fully saturated rings. The van der Waals surface area contributed by atoms with Crippen LogP contribution in [0.15, 0.2) is 55.1 Å². The van der Waals surface area contributed by atoms with Crippen molar-refractivity contribution in [1.82, 2.24) is 14.9 Å². The van der Waals surface area contributed by atoms with Crippen molar-refractivity contribution in [2.75, 3.05) is 11.9 Å². The lowest BCUT2D eigenvalue weighted by molar-refractivity contribution is -0.384. The molecule has 0 radical (unpaired) electrons. The number of alkyl halides is 3. The maximum Gasteiger partial charge on any atom is 0.405 e. The number of carbonyl (C=O) groups is 2. The summed E-state index contributed by atoms with van der Waals surface area (Å²) in [6.45, 7) is 0.131. The van der Waals surface area contributed by atoms with Crippen LogP contribution in [-0.4, -0.2) is 39.0 Å². The Labute approximate surface area is 179 Å². The highest BCUT2D eigenvalue weighted by Crippen LogP contribution is 2.25. The molecule has 0 spiro atoms. The molecule has 12 heteroatoms. The number of aromatic nitrogens is 2. The second kappa shape index (κ2) is 8.88. The highest BCUT2D eigenvalue weighted by Gasteiger charge is 2.28. The van der Waals surface area contributed by atoms with E-state index in [0.717, 1.165) is 6.07 Å². The van der Waals surface area contributed by atoms with Crippen LogP contribution in [0.3, 0.4) is 0 Å². The van der Waals surface area contributed by atoms with Gasteiger partial charge in [-0.15, -0.1) is 0 Å². The molecule has 9 nitrogen and oxygen atoms in total. The summed E-state index contributed by atoms with van der Waals surface area (Å²) in [6.07, 6.45) is -0.221. The molecule has 0 bridgehead atoms. The van der Waals surface area contributed by atoms with Crippen LogP contribution in [0.5, 0.6) is 0 Å². The third kappa shape index (κ3) is 5.28. The van der Waals surface area contributed by atoms with Crippen molar-refractivity contribution in [3.8, 4) is 5.69 Å². The number of carbonyl (C=O) groups excluding carboxylic acids is 2. The van der Waals surface area contributed by atoms with E-state index in [1.54, 1.807) is 12.2 Å². The van der Waals surface area contributed by atoms with E-state index in [1.165, 1.54) is 53.6 Å². The van der Waals surface area contributed by atoms with Crippen LogP contribution in [0, 0.1) is 17.0 Å². The predicted octanol–water partition coefficient (Wildman–Crippen LogP) is 3.63. The first-order valence-corrected chi connectivity index (χ1v) is 9.09. The molecule has 2 amide bonds. The van der Waals surface area contributed by atoms with Gasteiger partial charge in [-0.2, -0.15) is 13.2 Å². The number of anilines is 1. The summed E-state index contributed by atoms with van der Waals surface area (Å²) in [7, 11) is 0. The van der Waals surface area contributed by atoms with Crippen molar-refractivity contribution in [3.63, 3.8) is 0 Å². The Bertz CT molecular complexity index is 1180. The first-order chi connectivity index (χ1) is 15.0. The van der Waals surface area contributed by atoms with Crippen molar-refractivity contribution in [1.29, 1.82) is 0 Å². The van der Waals surface area contributed by atoms with Gasteiger partial charge in [-0.1, -0.05) is 6.07 Å². The van der Waals surface area contributed by atoms with Crippen molar-refractivity contribution >= 4 is 23.2 Å². The van der Waals surface area contributed by atoms with Crippen molar-refractivity contribution < 1.29 is 27.7 Å². The molecule has 2 N–H and O–H groups in total. The van der Waals surface area contributed by atoms with Gasteiger partial charge in [0.15, 0.2) is 0 Å². The summed E-state index contributed by atoms with van der Waals surface area (Å²) in [5.41, 5.74) is 0.492. The van der Waals surface area contributed by atoms with Gasteiger partial charge in [0, 0.05) is 35.3 Å². The van der Waals surface area contributed by atoms with Crippen LogP contribution >= 0.6 is 0 Å². The van der Waals surface area contributed by atoms with E-state index in [2.05, 4.69) is 10.3 Å². The number of rotatable bonds is 6. The van der Waals surface area contributed by atoms with Gasteiger partial charge in [0.05, 0.1) is 11.3 Å². The Morgan fingerprint density at radius 1 is 1.12 bits per heavy atom. The second-order valence-electron chi connectivity index (χ2n) is 6.71. The third-order valence-electron chi connectivity index (χ3n) is 4.41. The summed E-state index contributed by atoms with van der Waals surface area (Å²) in [6, 6.07) is 7.88. The highest BCUT2D eigenvalue weighted by atomic mass is 19.4. The summed E-state index contributed by atoms with van der Waals surface area (Å²) >= 11 is 0. The van der Waals surface area contributed by atoms with Gasteiger partial charge in [0.1, 0.15) is 12.2 Å². The minimum Gasteiger partial charge on any atom is -0.343 e.